The highest BCUT2D eigenvalue weighted by Gasteiger charge is 2.17. The maximum atomic E-state index is 5.95. The van der Waals surface area contributed by atoms with Crippen molar-refractivity contribution in [2.24, 2.45) is 0 Å². The maximum Gasteiger partial charge on any atom is 0.129 e. The summed E-state index contributed by atoms with van der Waals surface area (Å²) in [5.41, 5.74) is 4.03. The summed E-state index contributed by atoms with van der Waals surface area (Å²) < 4.78 is 11.9. The fourth-order valence-corrected chi connectivity index (χ4v) is 3.63. The summed E-state index contributed by atoms with van der Waals surface area (Å²) in [4.78, 5) is 4.74. The standard InChI is InChI=1S/C21H24N2O2S/c1-4-24-19-12-17(18-14-26-21(23-18)13-22-3)20(25-5-2)11-16(19)15-9-7-6-8-10-15/h6-12,14,22H,4-5,13H2,1-3H3. The van der Waals surface area contributed by atoms with Crippen LogP contribution in [-0.4, -0.2) is 25.2 Å². The Morgan fingerprint density at radius 2 is 1.62 bits per heavy atom. The number of ether oxygens (including phenoxy) is 2. The van der Waals surface area contributed by atoms with Crippen molar-refractivity contribution < 1.29 is 9.47 Å². The number of hydrogen-bond acceptors (Lipinski definition) is 5. The first-order valence-corrected chi connectivity index (χ1v) is 9.73. The van der Waals surface area contributed by atoms with Crippen molar-refractivity contribution in [3.8, 4) is 33.9 Å². The Kier molecular flexibility index (Phi) is 6.26. The third-order valence-electron chi connectivity index (χ3n) is 3.92. The van der Waals surface area contributed by atoms with Gasteiger partial charge < -0.3 is 14.8 Å². The van der Waals surface area contributed by atoms with Crippen molar-refractivity contribution in [3.05, 3.63) is 52.9 Å². The van der Waals surface area contributed by atoms with Gasteiger partial charge in [-0.25, -0.2) is 4.98 Å². The quantitative estimate of drug-likeness (QED) is 0.608. The summed E-state index contributed by atoms with van der Waals surface area (Å²) in [6, 6.07) is 14.4. The lowest BCUT2D eigenvalue weighted by Crippen LogP contribution is -2.04. The van der Waals surface area contributed by atoms with Crippen LogP contribution in [0.4, 0.5) is 0 Å². The highest BCUT2D eigenvalue weighted by molar-refractivity contribution is 7.09. The lowest BCUT2D eigenvalue weighted by atomic mass is 10.0. The molecule has 4 nitrogen and oxygen atoms in total. The molecule has 0 saturated heterocycles. The molecule has 0 radical (unpaired) electrons. The Labute approximate surface area is 158 Å². The minimum Gasteiger partial charge on any atom is -0.493 e. The van der Waals surface area contributed by atoms with Crippen LogP contribution in [0.2, 0.25) is 0 Å². The van der Waals surface area contributed by atoms with E-state index in [1.54, 1.807) is 11.3 Å². The first-order valence-electron chi connectivity index (χ1n) is 8.85. The van der Waals surface area contributed by atoms with Gasteiger partial charge in [0.25, 0.3) is 0 Å². The van der Waals surface area contributed by atoms with Crippen LogP contribution in [0.5, 0.6) is 11.5 Å². The summed E-state index contributed by atoms with van der Waals surface area (Å²) in [5, 5.41) is 6.27. The van der Waals surface area contributed by atoms with Crippen molar-refractivity contribution in [3.63, 3.8) is 0 Å². The third-order valence-corrected chi connectivity index (χ3v) is 4.77. The second-order valence-corrected chi connectivity index (χ2v) is 6.68. The summed E-state index contributed by atoms with van der Waals surface area (Å²) in [6.45, 7) is 5.96. The molecule has 0 unspecified atom stereocenters. The molecule has 0 aliphatic heterocycles. The summed E-state index contributed by atoms with van der Waals surface area (Å²) in [5.74, 6) is 1.68. The van der Waals surface area contributed by atoms with Gasteiger partial charge >= 0.3 is 0 Å². The third kappa shape index (κ3) is 4.06. The average Bonchev–Trinajstić information content (AvgIpc) is 3.12. The maximum absolute atomic E-state index is 5.95. The number of nitrogens with one attached hydrogen (secondary N) is 1. The summed E-state index contributed by atoms with van der Waals surface area (Å²) in [7, 11) is 1.93. The second-order valence-electron chi connectivity index (χ2n) is 5.73. The second kappa shape index (κ2) is 8.83. The van der Waals surface area contributed by atoms with Crippen LogP contribution in [0.1, 0.15) is 18.9 Å². The normalized spacial score (nSPS) is 10.7. The van der Waals surface area contributed by atoms with Crippen LogP contribution < -0.4 is 14.8 Å². The largest absolute Gasteiger partial charge is 0.493 e. The fraction of sp³-hybridized carbons (Fsp3) is 0.286. The van der Waals surface area contributed by atoms with E-state index in [9.17, 15) is 0 Å². The smallest absolute Gasteiger partial charge is 0.129 e. The van der Waals surface area contributed by atoms with Crippen LogP contribution in [-0.2, 0) is 6.54 Å². The van der Waals surface area contributed by atoms with Crippen molar-refractivity contribution >= 4 is 11.3 Å². The van der Waals surface area contributed by atoms with E-state index in [-0.39, 0.29) is 0 Å². The van der Waals surface area contributed by atoms with E-state index in [0.717, 1.165) is 45.4 Å². The van der Waals surface area contributed by atoms with Gasteiger partial charge in [-0.2, -0.15) is 0 Å². The number of nitrogens with zero attached hydrogens (tertiary/aromatic N) is 1. The van der Waals surface area contributed by atoms with Crippen molar-refractivity contribution in [2.75, 3.05) is 20.3 Å². The number of rotatable bonds is 8. The van der Waals surface area contributed by atoms with Gasteiger partial charge in [-0.3, -0.25) is 0 Å². The lowest BCUT2D eigenvalue weighted by molar-refractivity contribution is 0.333. The highest BCUT2D eigenvalue weighted by atomic mass is 32.1. The molecule has 26 heavy (non-hydrogen) atoms. The number of thiazole rings is 1. The molecule has 136 valence electrons. The Balaban J connectivity index is 2.12. The molecule has 0 aliphatic rings. The first kappa shape index (κ1) is 18.4. The Bertz CT molecular complexity index is 846. The lowest BCUT2D eigenvalue weighted by Gasteiger charge is -2.16. The molecule has 3 aromatic rings. The molecule has 1 aromatic heterocycles. The van der Waals surface area contributed by atoms with Crippen LogP contribution in [0.25, 0.3) is 22.4 Å². The van der Waals surface area contributed by atoms with Gasteiger partial charge in [0, 0.05) is 23.1 Å². The van der Waals surface area contributed by atoms with Crippen molar-refractivity contribution in [1.82, 2.24) is 10.3 Å². The topological polar surface area (TPSA) is 43.4 Å². The van der Waals surface area contributed by atoms with Crippen LogP contribution in [0, 0.1) is 0 Å². The summed E-state index contributed by atoms with van der Waals surface area (Å²) in [6.07, 6.45) is 0. The molecule has 0 spiro atoms. The van der Waals surface area contributed by atoms with E-state index < -0.39 is 0 Å². The number of hydrogen-bond donors (Lipinski definition) is 1. The molecule has 0 bridgehead atoms. The van der Waals surface area contributed by atoms with E-state index in [4.69, 9.17) is 14.5 Å². The molecular formula is C21H24N2O2S. The predicted molar refractivity (Wildman–Crippen MR) is 108 cm³/mol. The van der Waals surface area contributed by atoms with Gasteiger partial charge in [0.1, 0.15) is 16.5 Å². The van der Waals surface area contributed by atoms with Gasteiger partial charge in [-0.1, -0.05) is 30.3 Å². The predicted octanol–water partition coefficient (Wildman–Crippen LogP) is 4.99. The average molecular weight is 369 g/mol. The minimum atomic E-state index is 0.600. The van der Waals surface area contributed by atoms with Gasteiger partial charge in [0.15, 0.2) is 0 Å². The van der Waals surface area contributed by atoms with Crippen LogP contribution in [0.15, 0.2) is 47.8 Å². The molecule has 0 saturated carbocycles. The van der Waals surface area contributed by atoms with E-state index in [2.05, 4.69) is 35.0 Å². The van der Waals surface area contributed by atoms with E-state index in [0.29, 0.717) is 13.2 Å². The van der Waals surface area contributed by atoms with Crippen LogP contribution in [0.3, 0.4) is 0 Å². The minimum absolute atomic E-state index is 0.600. The van der Waals surface area contributed by atoms with E-state index in [1.165, 1.54) is 0 Å². The first-order chi connectivity index (χ1) is 12.8. The van der Waals surface area contributed by atoms with E-state index in [1.807, 2.05) is 39.1 Å². The Hall–Kier alpha value is -2.37. The van der Waals surface area contributed by atoms with Crippen molar-refractivity contribution in [2.45, 2.75) is 20.4 Å². The fourth-order valence-electron chi connectivity index (χ4n) is 2.82. The Morgan fingerprint density at radius 1 is 0.962 bits per heavy atom. The molecular weight excluding hydrogens is 344 g/mol. The van der Waals surface area contributed by atoms with Gasteiger partial charge in [-0.05, 0) is 38.6 Å². The zero-order chi connectivity index (χ0) is 18.4. The molecule has 3 rings (SSSR count). The molecule has 0 amide bonds. The molecule has 1 heterocycles. The van der Waals surface area contributed by atoms with Gasteiger partial charge in [0.05, 0.1) is 18.9 Å². The molecule has 2 aromatic carbocycles. The highest BCUT2D eigenvalue weighted by Crippen LogP contribution is 2.41. The molecule has 0 aliphatic carbocycles. The number of benzene rings is 2. The van der Waals surface area contributed by atoms with E-state index >= 15 is 0 Å². The molecule has 5 heteroatoms. The zero-order valence-corrected chi connectivity index (χ0v) is 16.2. The zero-order valence-electron chi connectivity index (χ0n) is 15.4. The Morgan fingerprint density at radius 3 is 2.27 bits per heavy atom. The number of aromatic nitrogens is 1. The van der Waals surface area contributed by atoms with Crippen LogP contribution >= 0.6 is 11.3 Å². The molecule has 0 atom stereocenters. The molecule has 1 N–H and O–H groups in total. The van der Waals surface area contributed by atoms with Gasteiger partial charge in [0.2, 0.25) is 0 Å². The summed E-state index contributed by atoms with van der Waals surface area (Å²) >= 11 is 1.65. The SMILES string of the molecule is CCOc1cc(-c2csc(CNC)n2)c(OCC)cc1-c1ccccc1. The monoisotopic (exact) mass is 368 g/mol. The molecule has 0 fully saturated rings. The van der Waals surface area contributed by atoms with Crippen molar-refractivity contribution in [1.29, 1.82) is 0 Å². The van der Waals surface area contributed by atoms with Gasteiger partial charge in [-0.15, -0.1) is 11.3 Å².